The molecule has 1 rings (SSSR count). The van der Waals surface area contributed by atoms with Gasteiger partial charge in [-0.05, 0) is 25.1 Å². The lowest BCUT2D eigenvalue weighted by Gasteiger charge is -2.13. The van der Waals surface area contributed by atoms with Crippen molar-refractivity contribution < 1.29 is 9.53 Å². The van der Waals surface area contributed by atoms with E-state index in [-0.39, 0.29) is 11.9 Å². The quantitative estimate of drug-likeness (QED) is 0.609. The summed E-state index contributed by atoms with van der Waals surface area (Å²) in [5.41, 5.74) is 6.55. The molecule has 0 aliphatic rings. The zero-order chi connectivity index (χ0) is 12.8. The Bertz CT molecular complexity index is 449. The van der Waals surface area contributed by atoms with Gasteiger partial charge >= 0.3 is 0 Å². The van der Waals surface area contributed by atoms with Crippen molar-refractivity contribution in [2.45, 2.75) is 19.4 Å². The number of nitrogens with one attached hydrogen (secondary N) is 1. The van der Waals surface area contributed by atoms with E-state index in [2.05, 4.69) is 11.2 Å². The number of ether oxygens (including phenoxy) is 1. The third-order valence-electron chi connectivity index (χ3n) is 2.31. The van der Waals surface area contributed by atoms with Crippen molar-refractivity contribution in [3.8, 4) is 18.1 Å². The lowest BCUT2D eigenvalue weighted by atomic mass is 10.1. The second-order valence-electron chi connectivity index (χ2n) is 3.74. The minimum absolute atomic E-state index is 0.0851. The van der Waals surface area contributed by atoms with Gasteiger partial charge in [0.2, 0.25) is 0 Å². The summed E-state index contributed by atoms with van der Waals surface area (Å²) in [6.07, 6.45) is 5.66. The van der Waals surface area contributed by atoms with Crippen LogP contribution in [0.15, 0.2) is 18.2 Å². The molecule has 0 aliphatic heterocycles. The summed E-state index contributed by atoms with van der Waals surface area (Å²) >= 11 is 0. The first-order chi connectivity index (χ1) is 8.08. The van der Waals surface area contributed by atoms with E-state index < -0.39 is 0 Å². The zero-order valence-electron chi connectivity index (χ0n) is 9.99. The number of nitrogen functional groups attached to an aromatic ring is 1. The normalized spacial score (nSPS) is 11.4. The second-order valence-corrected chi connectivity index (χ2v) is 3.74. The molecule has 0 heterocycles. The van der Waals surface area contributed by atoms with Gasteiger partial charge in [0.15, 0.2) is 0 Å². The summed E-state index contributed by atoms with van der Waals surface area (Å²) in [6.45, 7) is 1.84. The molecule has 90 valence electrons. The summed E-state index contributed by atoms with van der Waals surface area (Å²) in [6, 6.07) is 4.86. The predicted molar refractivity (Wildman–Crippen MR) is 67.8 cm³/mol. The van der Waals surface area contributed by atoms with Crippen molar-refractivity contribution >= 4 is 11.6 Å². The monoisotopic (exact) mass is 232 g/mol. The van der Waals surface area contributed by atoms with Gasteiger partial charge in [0.1, 0.15) is 5.75 Å². The molecule has 0 bridgehead atoms. The Kier molecular flexibility index (Phi) is 4.41. The van der Waals surface area contributed by atoms with Crippen LogP contribution in [0.4, 0.5) is 5.69 Å². The maximum Gasteiger partial charge on any atom is 0.253 e. The molecule has 17 heavy (non-hydrogen) atoms. The summed E-state index contributed by atoms with van der Waals surface area (Å²) in [7, 11) is 1.54. The number of hydrogen-bond donors (Lipinski definition) is 2. The van der Waals surface area contributed by atoms with Crippen LogP contribution in [0.2, 0.25) is 0 Å². The zero-order valence-corrected chi connectivity index (χ0v) is 9.99. The standard InChI is InChI=1S/C13H16N2O2/c1-4-5-9(2)15-13(16)11-8-10(17-3)6-7-12(11)14/h1,6-9H,5,14H2,2-3H3,(H,15,16). The molecule has 1 unspecified atom stereocenters. The lowest BCUT2D eigenvalue weighted by Crippen LogP contribution is -2.32. The van der Waals surface area contributed by atoms with Gasteiger partial charge in [-0.1, -0.05) is 0 Å². The molecule has 0 aromatic heterocycles. The molecule has 1 atom stereocenters. The Morgan fingerprint density at radius 2 is 2.35 bits per heavy atom. The topological polar surface area (TPSA) is 64.3 Å². The van der Waals surface area contributed by atoms with Crippen molar-refractivity contribution in [1.82, 2.24) is 5.32 Å². The maximum atomic E-state index is 11.9. The Morgan fingerprint density at radius 1 is 1.65 bits per heavy atom. The molecular weight excluding hydrogens is 216 g/mol. The van der Waals surface area contributed by atoms with E-state index in [0.717, 1.165) is 0 Å². The summed E-state index contributed by atoms with van der Waals surface area (Å²) in [5, 5.41) is 2.77. The molecular formula is C13H16N2O2. The Morgan fingerprint density at radius 3 is 2.94 bits per heavy atom. The molecule has 4 nitrogen and oxygen atoms in total. The van der Waals surface area contributed by atoms with Crippen LogP contribution in [0.1, 0.15) is 23.7 Å². The highest BCUT2D eigenvalue weighted by Crippen LogP contribution is 2.19. The number of hydrogen-bond acceptors (Lipinski definition) is 3. The van der Waals surface area contributed by atoms with Gasteiger partial charge in [-0.25, -0.2) is 0 Å². The highest BCUT2D eigenvalue weighted by atomic mass is 16.5. The summed E-state index contributed by atoms with van der Waals surface area (Å²) < 4.78 is 5.04. The van der Waals surface area contributed by atoms with Gasteiger partial charge in [0.05, 0.1) is 12.7 Å². The number of nitrogens with two attached hydrogens (primary N) is 1. The van der Waals surface area contributed by atoms with Gasteiger partial charge in [-0.2, -0.15) is 0 Å². The van der Waals surface area contributed by atoms with Gasteiger partial charge in [-0.15, -0.1) is 12.3 Å². The fraction of sp³-hybridized carbons (Fsp3) is 0.308. The van der Waals surface area contributed by atoms with Crippen LogP contribution >= 0.6 is 0 Å². The predicted octanol–water partition coefficient (Wildman–Crippen LogP) is 1.42. The molecule has 0 saturated carbocycles. The molecule has 4 heteroatoms. The third kappa shape index (κ3) is 3.42. The van der Waals surface area contributed by atoms with Crippen LogP contribution in [-0.2, 0) is 0 Å². The fourth-order valence-electron chi connectivity index (χ4n) is 1.39. The highest BCUT2D eigenvalue weighted by Gasteiger charge is 2.13. The van der Waals surface area contributed by atoms with Crippen LogP contribution in [0.5, 0.6) is 5.75 Å². The Balaban J connectivity index is 2.85. The second kappa shape index (κ2) is 5.80. The molecule has 0 radical (unpaired) electrons. The van der Waals surface area contributed by atoms with Crippen LogP contribution < -0.4 is 15.8 Å². The molecule has 1 aromatic carbocycles. The Labute approximate surface area is 101 Å². The minimum Gasteiger partial charge on any atom is -0.497 e. The fourth-order valence-corrected chi connectivity index (χ4v) is 1.39. The summed E-state index contributed by atoms with van der Waals surface area (Å²) in [5.74, 6) is 2.84. The Hall–Kier alpha value is -2.15. The number of methoxy groups -OCH3 is 1. The van der Waals surface area contributed by atoms with Crippen molar-refractivity contribution in [2.24, 2.45) is 0 Å². The molecule has 1 amide bonds. The summed E-state index contributed by atoms with van der Waals surface area (Å²) in [4.78, 5) is 11.9. The minimum atomic E-state index is -0.246. The number of benzene rings is 1. The highest BCUT2D eigenvalue weighted by molar-refractivity contribution is 5.99. The molecule has 0 spiro atoms. The number of carbonyl (C=O) groups excluding carboxylic acids is 1. The van der Waals surface area contributed by atoms with E-state index in [1.807, 2.05) is 6.92 Å². The molecule has 0 saturated heterocycles. The van der Waals surface area contributed by atoms with E-state index in [9.17, 15) is 4.79 Å². The van der Waals surface area contributed by atoms with Crippen LogP contribution in [0.3, 0.4) is 0 Å². The van der Waals surface area contributed by atoms with Gasteiger partial charge in [-0.3, -0.25) is 4.79 Å². The van der Waals surface area contributed by atoms with Crippen molar-refractivity contribution in [2.75, 3.05) is 12.8 Å². The largest absolute Gasteiger partial charge is 0.497 e. The first-order valence-corrected chi connectivity index (χ1v) is 5.26. The molecule has 0 fully saturated rings. The average molecular weight is 232 g/mol. The van der Waals surface area contributed by atoms with E-state index in [4.69, 9.17) is 16.9 Å². The molecule has 0 aliphatic carbocycles. The third-order valence-corrected chi connectivity index (χ3v) is 2.31. The van der Waals surface area contributed by atoms with Gasteiger partial charge in [0.25, 0.3) is 5.91 Å². The van der Waals surface area contributed by atoms with Crippen molar-refractivity contribution in [3.63, 3.8) is 0 Å². The number of amides is 1. The van der Waals surface area contributed by atoms with Crippen molar-refractivity contribution in [1.29, 1.82) is 0 Å². The molecule has 1 aromatic rings. The van der Waals surface area contributed by atoms with Gasteiger partial charge in [0, 0.05) is 18.2 Å². The first kappa shape index (κ1) is 12.9. The number of carbonyl (C=O) groups is 1. The van der Waals surface area contributed by atoms with Crippen LogP contribution in [0, 0.1) is 12.3 Å². The van der Waals surface area contributed by atoms with E-state index in [1.54, 1.807) is 18.2 Å². The maximum absolute atomic E-state index is 11.9. The number of terminal acetylenes is 1. The van der Waals surface area contributed by atoms with Crippen LogP contribution in [0.25, 0.3) is 0 Å². The van der Waals surface area contributed by atoms with E-state index >= 15 is 0 Å². The smallest absolute Gasteiger partial charge is 0.253 e. The average Bonchev–Trinajstić information content (AvgIpc) is 2.29. The van der Waals surface area contributed by atoms with Gasteiger partial charge < -0.3 is 15.8 Å². The lowest BCUT2D eigenvalue weighted by molar-refractivity contribution is 0.0941. The van der Waals surface area contributed by atoms with E-state index in [1.165, 1.54) is 7.11 Å². The van der Waals surface area contributed by atoms with Crippen LogP contribution in [-0.4, -0.2) is 19.1 Å². The van der Waals surface area contributed by atoms with Crippen molar-refractivity contribution in [3.05, 3.63) is 23.8 Å². The molecule has 3 N–H and O–H groups in total. The number of rotatable bonds is 4. The first-order valence-electron chi connectivity index (χ1n) is 5.26. The van der Waals surface area contributed by atoms with E-state index in [0.29, 0.717) is 23.4 Å². The SMILES string of the molecule is C#CCC(C)NC(=O)c1cc(OC)ccc1N. The number of anilines is 1.